The maximum atomic E-state index is 12.5. The lowest BCUT2D eigenvalue weighted by Crippen LogP contribution is -2.34. The number of halogens is 2. The molecule has 0 aliphatic carbocycles. The molecular formula is C17H16Cl2N2O3S. The minimum atomic E-state index is -3.36. The Morgan fingerprint density at radius 1 is 1.20 bits per heavy atom. The molecule has 5 nitrogen and oxygen atoms in total. The molecule has 0 spiro atoms. The molecule has 2 aromatic carbocycles. The van der Waals surface area contributed by atoms with Crippen LogP contribution in [0.1, 0.15) is 22.8 Å². The molecule has 3 rings (SSSR count). The Hall–Kier alpha value is -1.76. The molecule has 25 heavy (non-hydrogen) atoms. The molecule has 0 aromatic heterocycles. The summed E-state index contributed by atoms with van der Waals surface area (Å²) in [5.74, 6) is -0.358. The summed E-state index contributed by atoms with van der Waals surface area (Å²) in [4.78, 5) is 12.5. The van der Waals surface area contributed by atoms with Gasteiger partial charge in [0, 0.05) is 11.6 Å². The molecule has 0 bridgehead atoms. The fraction of sp³-hybridized carbons (Fsp3) is 0.235. The van der Waals surface area contributed by atoms with Gasteiger partial charge in [-0.2, -0.15) is 0 Å². The second kappa shape index (κ2) is 6.52. The van der Waals surface area contributed by atoms with E-state index in [1.165, 1.54) is 10.6 Å². The number of benzene rings is 2. The van der Waals surface area contributed by atoms with E-state index in [0.29, 0.717) is 33.4 Å². The summed E-state index contributed by atoms with van der Waals surface area (Å²) < 4.78 is 25.3. The summed E-state index contributed by atoms with van der Waals surface area (Å²) in [5.41, 5.74) is 2.19. The number of rotatable bonds is 3. The second-order valence-electron chi connectivity index (χ2n) is 6.01. The number of sulfonamides is 1. The third-order valence-electron chi connectivity index (χ3n) is 4.05. The van der Waals surface area contributed by atoms with E-state index in [4.69, 9.17) is 23.2 Å². The number of para-hydroxylation sites is 1. The molecule has 0 saturated carbocycles. The highest BCUT2D eigenvalue weighted by molar-refractivity contribution is 7.92. The van der Waals surface area contributed by atoms with E-state index < -0.39 is 10.0 Å². The molecule has 1 amide bonds. The van der Waals surface area contributed by atoms with Crippen molar-refractivity contribution >= 4 is 50.5 Å². The molecule has 1 heterocycles. The number of carbonyl (C=O) groups excluding carboxylic acids is 1. The third kappa shape index (κ3) is 3.47. The predicted molar refractivity (Wildman–Crippen MR) is 101 cm³/mol. The van der Waals surface area contributed by atoms with E-state index in [9.17, 15) is 13.2 Å². The number of anilines is 2. The van der Waals surface area contributed by atoms with E-state index in [1.54, 1.807) is 36.4 Å². The quantitative estimate of drug-likeness (QED) is 0.850. The van der Waals surface area contributed by atoms with Gasteiger partial charge in [0.1, 0.15) is 0 Å². The van der Waals surface area contributed by atoms with Crippen LogP contribution < -0.4 is 9.62 Å². The van der Waals surface area contributed by atoms with Crippen LogP contribution in [-0.2, 0) is 16.4 Å². The first-order valence-electron chi connectivity index (χ1n) is 7.56. The minimum Gasteiger partial charge on any atom is -0.319 e. The maximum absolute atomic E-state index is 12.5. The summed E-state index contributed by atoms with van der Waals surface area (Å²) in [7, 11) is -3.36. The number of amides is 1. The Balaban J connectivity index is 1.91. The molecule has 0 saturated heterocycles. The highest BCUT2D eigenvalue weighted by Gasteiger charge is 2.32. The maximum Gasteiger partial charge on any atom is 0.255 e. The van der Waals surface area contributed by atoms with Gasteiger partial charge in [-0.3, -0.25) is 9.10 Å². The number of carbonyl (C=O) groups is 1. The van der Waals surface area contributed by atoms with Crippen molar-refractivity contribution in [1.82, 2.24) is 0 Å². The first-order chi connectivity index (χ1) is 11.7. The van der Waals surface area contributed by atoms with Crippen LogP contribution in [-0.4, -0.2) is 26.6 Å². The molecule has 8 heteroatoms. The average molecular weight is 399 g/mol. The summed E-state index contributed by atoms with van der Waals surface area (Å²) in [5, 5.41) is 3.40. The van der Waals surface area contributed by atoms with E-state index >= 15 is 0 Å². The molecule has 0 fully saturated rings. The van der Waals surface area contributed by atoms with Crippen molar-refractivity contribution in [3.05, 3.63) is 57.6 Å². The summed E-state index contributed by atoms with van der Waals surface area (Å²) in [6.45, 7) is 1.84. The molecule has 0 unspecified atom stereocenters. The summed E-state index contributed by atoms with van der Waals surface area (Å²) >= 11 is 12.1. The number of nitrogens with zero attached hydrogens (tertiary/aromatic N) is 1. The van der Waals surface area contributed by atoms with Gasteiger partial charge in [0.25, 0.3) is 5.91 Å². The highest BCUT2D eigenvalue weighted by atomic mass is 35.5. The van der Waals surface area contributed by atoms with E-state index in [0.717, 1.165) is 5.56 Å². The van der Waals surface area contributed by atoms with Crippen LogP contribution in [0.15, 0.2) is 36.4 Å². The van der Waals surface area contributed by atoms with Crippen LogP contribution in [0.2, 0.25) is 10.0 Å². The molecule has 1 aliphatic heterocycles. The van der Waals surface area contributed by atoms with E-state index in [1.807, 2.05) is 6.92 Å². The Labute approximate surface area is 156 Å². The van der Waals surface area contributed by atoms with Crippen molar-refractivity contribution in [1.29, 1.82) is 0 Å². The number of hydrogen-bond donors (Lipinski definition) is 1. The van der Waals surface area contributed by atoms with Crippen LogP contribution in [0.4, 0.5) is 11.4 Å². The Bertz CT molecular complexity index is 940. The SMILES string of the molecule is C[C@@H]1Cc2cc(C(=O)Nc3c(Cl)cccc3Cl)ccc2N1S(C)(=O)=O. The predicted octanol–water partition coefficient (Wildman–Crippen LogP) is 3.96. The normalized spacial score (nSPS) is 16.6. The Morgan fingerprint density at radius 3 is 2.44 bits per heavy atom. The fourth-order valence-corrected chi connectivity index (χ4v) is 4.81. The van der Waals surface area contributed by atoms with Gasteiger partial charge in [0.05, 0.1) is 27.7 Å². The highest BCUT2D eigenvalue weighted by Crippen LogP contribution is 2.35. The first-order valence-corrected chi connectivity index (χ1v) is 10.2. The van der Waals surface area contributed by atoms with Crippen molar-refractivity contribution in [2.24, 2.45) is 0 Å². The van der Waals surface area contributed by atoms with Crippen LogP contribution in [0.25, 0.3) is 0 Å². The van der Waals surface area contributed by atoms with Gasteiger partial charge in [-0.05, 0) is 49.2 Å². The standard InChI is InChI=1S/C17H16Cl2N2O3S/c1-10-8-12-9-11(6-7-15(12)21(10)25(2,23)24)17(22)20-16-13(18)4-3-5-14(16)19/h3-7,9-10H,8H2,1-2H3,(H,20,22)/t10-/m1/s1. The van der Waals surface area contributed by atoms with Gasteiger partial charge < -0.3 is 5.32 Å². The number of fused-ring (bicyclic) bond motifs is 1. The topological polar surface area (TPSA) is 66.5 Å². The smallest absolute Gasteiger partial charge is 0.255 e. The van der Waals surface area contributed by atoms with Crippen molar-refractivity contribution < 1.29 is 13.2 Å². The second-order valence-corrected chi connectivity index (χ2v) is 8.68. The number of hydrogen-bond acceptors (Lipinski definition) is 3. The third-order valence-corrected chi connectivity index (χ3v) is 5.95. The lowest BCUT2D eigenvalue weighted by Gasteiger charge is -2.21. The Morgan fingerprint density at radius 2 is 1.84 bits per heavy atom. The lowest BCUT2D eigenvalue weighted by molar-refractivity contribution is 0.102. The van der Waals surface area contributed by atoms with Crippen LogP contribution in [0, 0.1) is 0 Å². The first kappa shape index (κ1) is 18.0. The molecule has 1 atom stereocenters. The van der Waals surface area contributed by atoms with Gasteiger partial charge in [0.15, 0.2) is 0 Å². The average Bonchev–Trinajstić information content (AvgIpc) is 2.85. The lowest BCUT2D eigenvalue weighted by atomic mass is 10.1. The molecule has 1 N–H and O–H groups in total. The monoisotopic (exact) mass is 398 g/mol. The van der Waals surface area contributed by atoms with Crippen LogP contribution in [0.3, 0.4) is 0 Å². The molecule has 0 radical (unpaired) electrons. The van der Waals surface area contributed by atoms with E-state index in [-0.39, 0.29) is 11.9 Å². The summed E-state index contributed by atoms with van der Waals surface area (Å²) in [6.07, 6.45) is 1.73. The van der Waals surface area contributed by atoms with Crippen LogP contribution in [0.5, 0.6) is 0 Å². The largest absolute Gasteiger partial charge is 0.319 e. The van der Waals surface area contributed by atoms with Gasteiger partial charge in [-0.1, -0.05) is 29.3 Å². The zero-order valence-corrected chi connectivity index (χ0v) is 15.9. The molecule has 2 aromatic rings. The Kier molecular flexibility index (Phi) is 4.70. The number of nitrogens with one attached hydrogen (secondary N) is 1. The zero-order valence-electron chi connectivity index (χ0n) is 13.6. The van der Waals surface area contributed by atoms with Gasteiger partial charge in [0.2, 0.25) is 10.0 Å². The van der Waals surface area contributed by atoms with E-state index in [2.05, 4.69) is 5.32 Å². The zero-order chi connectivity index (χ0) is 18.4. The van der Waals surface area contributed by atoms with Gasteiger partial charge in [-0.15, -0.1) is 0 Å². The van der Waals surface area contributed by atoms with Crippen molar-refractivity contribution in [2.75, 3.05) is 15.9 Å². The van der Waals surface area contributed by atoms with Crippen molar-refractivity contribution in [3.8, 4) is 0 Å². The molecule has 132 valence electrons. The fourth-order valence-electron chi connectivity index (χ4n) is 3.05. The molecule has 1 aliphatic rings. The van der Waals surface area contributed by atoms with Gasteiger partial charge in [-0.25, -0.2) is 8.42 Å². The van der Waals surface area contributed by atoms with Crippen molar-refractivity contribution in [3.63, 3.8) is 0 Å². The van der Waals surface area contributed by atoms with Crippen LogP contribution >= 0.6 is 23.2 Å². The minimum absolute atomic E-state index is 0.179. The molecular weight excluding hydrogens is 383 g/mol. The van der Waals surface area contributed by atoms with Crippen molar-refractivity contribution in [2.45, 2.75) is 19.4 Å². The van der Waals surface area contributed by atoms with Gasteiger partial charge >= 0.3 is 0 Å². The summed E-state index contributed by atoms with van der Waals surface area (Å²) in [6, 6.07) is 9.74.